The minimum absolute atomic E-state index is 0.461. The molecule has 0 fully saturated rings. The highest BCUT2D eigenvalue weighted by atomic mass is 35.5. The molecule has 0 aliphatic heterocycles. The van der Waals surface area contributed by atoms with E-state index < -0.39 is 0 Å². The van der Waals surface area contributed by atoms with Crippen LogP contribution in [-0.2, 0) is 6.54 Å². The zero-order chi connectivity index (χ0) is 13.7. The third kappa shape index (κ3) is 3.76. The first kappa shape index (κ1) is 14.0. The number of aromatic nitrogens is 2. The average Bonchev–Trinajstić information content (AvgIpc) is 2.85. The monoisotopic (exact) mass is 280 g/mol. The number of likely N-dealkylation sites (N-methyl/N-ethyl adjacent to an activating group) is 2. The lowest BCUT2D eigenvalue weighted by Gasteiger charge is -2.13. The molecule has 0 saturated heterocycles. The minimum atomic E-state index is 0.461. The molecule has 0 aliphatic rings. The standard InChI is InChI=1S/C13H17ClN4O/c1-15-7-8-18(2)9-12-16-13(19-17-12)10-5-3-4-6-11(10)14/h3-6,15H,7-9H2,1-2H3. The second-order valence-electron chi connectivity index (χ2n) is 4.34. The molecular formula is C13H17ClN4O. The van der Waals surface area contributed by atoms with E-state index in [-0.39, 0.29) is 0 Å². The fourth-order valence-electron chi connectivity index (χ4n) is 1.69. The lowest BCUT2D eigenvalue weighted by molar-refractivity contribution is 0.311. The molecule has 102 valence electrons. The zero-order valence-corrected chi connectivity index (χ0v) is 11.8. The third-order valence-corrected chi connectivity index (χ3v) is 3.06. The summed E-state index contributed by atoms with van der Waals surface area (Å²) in [5.41, 5.74) is 0.765. The van der Waals surface area contributed by atoms with Gasteiger partial charge in [0.25, 0.3) is 5.89 Å². The molecule has 0 amide bonds. The van der Waals surface area contributed by atoms with Crippen LogP contribution in [0.2, 0.25) is 5.02 Å². The maximum Gasteiger partial charge on any atom is 0.259 e. The Hall–Kier alpha value is -1.43. The highest BCUT2D eigenvalue weighted by Crippen LogP contribution is 2.25. The molecule has 0 saturated carbocycles. The first-order valence-electron chi connectivity index (χ1n) is 6.11. The van der Waals surface area contributed by atoms with Gasteiger partial charge in [-0.2, -0.15) is 4.98 Å². The molecule has 1 heterocycles. The average molecular weight is 281 g/mol. The smallest absolute Gasteiger partial charge is 0.259 e. The topological polar surface area (TPSA) is 54.2 Å². The SMILES string of the molecule is CNCCN(C)Cc1noc(-c2ccccc2Cl)n1. The predicted molar refractivity (Wildman–Crippen MR) is 75.0 cm³/mol. The normalized spacial score (nSPS) is 11.2. The molecule has 5 nitrogen and oxygen atoms in total. The van der Waals surface area contributed by atoms with E-state index in [1.54, 1.807) is 6.07 Å². The number of halogens is 1. The van der Waals surface area contributed by atoms with Gasteiger partial charge in [0.05, 0.1) is 17.1 Å². The Morgan fingerprint density at radius 3 is 2.89 bits per heavy atom. The van der Waals surface area contributed by atoms with Crippen LogP contribution in [-0.4, -0.2) is 42.2 Å². The van der Waals surface area contributed by atoms with Crippen LogP contribution in [0.15, 0.2) is 28.8 Å². The Bertz CT molecular complexity index is 529. The van der Waals surface area contributed by atoms with Gasteiger partial charge >= 0.3 is 0 Å². The summed E-state index contributed by atoms with van der Waals surface area (Å²) in [5, 5.41) is 7.69. The molecule has 0 spiro atoms. The van der Waals surface area contributed by atoms with E-state index in [0.717, 1.165) is 18.7 Å². The van der Waals surface area contributed by atoms with Crippen molar-refractivity contribution in [3.8, 4) is 11.5 Å². The van der Waals surface area contributed by atoms with Gasteiger partial charge in [-0.3, -0.25) is 4.90 Å². The van der Waals surface area contributed by atoms with E-state index in [2.05, 4.69) is 20.4 Å². The van der Waals surface area contributed by atoms with Crippen LogP contribution in [0.5, 0.6) is 0 Å². The Labute approximate surface area is 117 Å². The number of benzene rings is 1. The van der Waals surface area contributed by atoms with Crippen LogP contribution in [0.4, 0.5) is 0 Å². The molecule has 6 heteroatoms. The van der Waals surface area contributed by atoms with Crippen molar-refractivity contribution in [2.45, 2.75) is 6.54 Å². The molecule has 0 aliphatic carbocycles. The fourth-order valence-corrected chi connectivity index (χ4v) is 1.90. The van der Waals surface area contributed by atoms with Gasteiger partial charge in [-0.25, -0.2) is 0 Å². The molecule has 19 heavy (non-hydrogen) atoms. The molecule has 1 N–H and O–H groups in total. The first-order valence-corrected chi connectivity index (χ1v) is 6.49. The lowest BCUT2D eigenvalue weighted by atomic mass is 10.2. The van der Waals surface area contributed by atoms with E-state index in [9.17, 15) is 0 Å². The molecule has 0 radical (unpaired) electrons. The number of hydrogen-bond donors (Lipinski definition) is 1. The van der Waals surface area contributed by atoms with Crippen LogP contribution in [0.3, 0.4) is 0 Å². The third-order valence-electron chi connectivity index (χ3n) is 2.73. The first-order chi connectivity index (χ1) is 9.20. The fraction of sp³-hybridized carbons (Fsp3) is 0.385. The quantitative estimate of drug-likeness (QED) is 0.878. The maximum atomic E-state index is 6.10. The van der Waals surface area contributed by atoms with Crippen LogP contribution < -0.4 is 5.32 Å². The van der Waals surface area contributed by atoms with Gasteiger partial charge in [-0.15, -0.1) is 0 Å². The van der Waals surface area contributed by atoms with E-state index in [0.29, 0.717) is 23.3 Å². The van der Waals surface area contributed by atoms with Gasteiger partial charge in [0.1, 0.15) is 0 Å². The largest absolute Gasteiger partial charge is 0.334 e. The summed E-state index contributed by atoms with van der Waals surface area (Å²) in [7, 11) is 3.95. The number of nitrogens with one attached hydrogen (secondary N) is 1. The van der Waals surface area contributed by atoms with E-state index in [1.807, 2.05) is 32.3 Å². The molecular weight excluding hydrogens is 264 g/mol. The van der Waals surface area contributed by atoms with Gasteiger partial charge in [-0.05, 0) is 26.2 Å². The molecule has 0 bridgehead atoms. The van der Waals surface area contributed by atoms with Gasteiger partial charge in [-0.1, -0.05) is 28.9 Å². The number of nitrogens with zero attached hydrogens (tertiary/aromatic N) is 3. The number of hydrogen-bond acceptors (Lipinski definition) is 5. The van der Waals surface area contributed by atoms with Crippen molar-refractivity contribution in [3.63, 3.8) is 0 Å². The zero-order valence-electron chi connectivity index (χ0n) is 11.1. The Morgan fingerprint density at radius 1 is 1.37 bits per heavy atom. The van der Waals surface area contributed by atoms with Crippen molar-refractivity contribution in [3.05, 3.63) is 35.1 Å². The predicted octanol–water partition coefficient (Wildman–Crippen LogP) is 2.04. The summed E-state index contributed by atoms with van der Waals surface area (Å²) >= 11 is 6.10. The lowest BCUT2D eigenvalue weighted by Crippen LogP contribution is -2.27. The summed E-state index contributed by atoms with van der Waals surface area (Å²) < 4.78 is 5.25. The molecule has 2 aromatic rings. The van der Waals surface area contributed by atoms with Gasteiger partial charge in [0.2, 0.25) is 0 Å². The highest BCUT2D eigenvalue weighted by molar-refractivity contribution is 6.33. The molecule has 1 aromatic heterocycles. The van der Waals surface area contributed by atoms with E-state index in [1.165, 1.54) is 0 Å². The van der Waals surface area contributed by atoms with Crippen molar-refractivity contribution >= 4 is 11.6 Å². The summed E-state index contributed by atoms with van der Waals surface area (Å²) in [4.78, 5) is 6.49. The Balaban J connectivity index is 2.05. The van der Waals surface area contributed by atoms with Crippen molar-refractivity contribution in [2.24, 2.45) is 0 Å². The number of rotatable bonds is 6. The molecule has 0 unspecified atom stereocenters. The second kappa shape index (κ2) is 6.65. The van der Waals surface area contributed by atoms with Crippen molar-refractivity contribution in [1.29, 1.82) is 0 Å². The molecule has 0 atom stereocenters. The summed E-state index contributed by atoms with van der Waals surface area (Å²) in [6.07, 6.45) is 0. The molecule has 1 aromatic carbocycles. The minimum Gasteiger partial charge on any atom is -0.334 e. The van der Waals surface area contributed by atoms with E-state index in [4.69, 9.17) is 16.1 Å². The maximum absolute atomic E-state index is 6.10. The van der Waals surface area contributed by atoms with Crippen molar-refractivity contribution in [2.75, 3.05) is 27.2 Å². The van der Waals surface area contributed by atoms with Crippen molar-refractivity contribution in [1.82, 2.24) is 20.4 Å². The van der Waals surface area contributed by atoms with Crippen LogP contribution in [0.1, 0.15) is 5.82 Å². The summed E-state index contributed by atoms with van der Waals surface area (Å²) in [6, 6.07) is 7.43. The van der Waals surface area contributed by atoms with Gasteiger partial charge < -0.3 is 9.84 Å². The van der Waals surface area contributed by atoms with Crippen LogP contribution >= 0.6 is 11.6 Å². The second-order valence-corrected chi connectivity index (χ2v) is 4.74. The molecule has 2 rings (SSSR count). The van der Waals surface area contributed by atoms with Crippen LogP contribution in [0.25, 0.3) is 11.5 Å². The van der Waals surface area contributed by atoms with Crippen molar-refractivity contribution < 1.29 is 4.52 Å². The summed E-state index contributed by atoms with van der Waals surface area (Å²) in [5.74, 6) is 1.12. The van der Waals surface area contributed by atoms with Gasteiger partial charge in [0.15, 0.2) is 5.82 Å². The van der Waals surface area contributed by atoms with Crippen LogP contribution in [0, 0.1) is 0 Å². The van der Waals surface area contributed by atoms with Gasteiger partial charge in [0, 0.05) is 13.1 Å². The Kier molecular flexibility index (Phi) is 4.90. The highest BCUT2D eigenvalue weighted by Gasteiger charge is 2.12. The summed E-state index contributed by atoms with van der Waals surface area (Å²) in [6.45, 7) is 2.49. The Morgan fingerprint density at radius 2 is 2.16 bits per heavy atom. The van der Waals surface area contributed by atoms with E-state index >= 15 is 0 Å².